The maximum atomic E-state index is 12.7. The molecule has 1 heterocycles. The number of rotatable bonds is 5. The molecule has 26 heavy (non-hydrogen) atoms. The first-order chi connectivity index (χ1) is 12.5. The average Bonchev–Trinajstić information content (AvgIpc) is 2.64. The summed E-state index contributed by atoms with van der Waals surface area (Å²) in [5.41, 5.74) is 1.63. The van der Waals surface area contributed by atoms with Crippen LogP contribution in [-0.4, -0.2) is 27.3 Å². The van der Waals surface area contributed by atoms with Crippen molar-refractivity contribution >= 4 is 33.6 Å². The molecule has 3 rings (SSSR count). The van der Waals surface area contributed by atoms with Crippen LogP contribution in [0.3, 0.4) is 0 Å². The molecule has 0 radical (unpaired) electrons. The fourth-order valence-electron chi connectivity index (χ4n) is 3.12. The number of amides is 1. The van der Waals surface area contributed by atoms with Crippen LogP contribution < -0.4 is 10.9 Å². The minimum atomic E-state index is -0.204. The van der Waals surface area contributed by atoms with Crippen LogP contribution in [0.2, 0.25) is 0 Å². The number of carbonyl (C=O) groups excluding carboxylic acids is 1. The van der Waals surface area contributed by atoms with E-state index in [0.29, 0.717) is 5.03 Å². The van der Waals surface area contributed by atoms with Gasteiger partial charge in [0.1, 0.15) is 0 Å². The minimum Gasteiger partial charge on any atom is -0.353 e. The van der Waals surface area contributed by atoms with E-state index in [1.54, 1.807) is 17.0 Å². The van der Waals surface area contributed by atoms with E-state index >= 15 is 0 Å². The van der Waals surface area contributed by atoms with Crippen LogP contribution in [0.1, 0.15) is 37.7 Å². The van der Waals surface area contributed by atoms with Gasteiger partial charge < -0.3 is 5.32 Å². The summed E-state index contributed by atoms with van der Waals surface area (Å²) in [5.74, 6) is 0.181. The maximum absolute atomic E-state index is 12.7. The first kappa shape index (κ1) is 19.2. The highest BCUT2D eigenvalue weighted by Crippen LogP contribution is 2.20. The number of carbonyl (C=O) groups is 1. The third kappa shape index (κ3) is 4.76. The number of aromatic nitrogens is 2. The largest absolute Gasteiger partial charge is 0.353 e. The molecule has 0 bridgehead atoms. The molecule has 138 valence electrons. The highest BCUT2D eigenvalue weighted by molar-refractivity contribution is 9.10. The van der Waals surface area contributed by atoms with Gasteiger partial charge in [0.2, 0.25) is 5.91 Å². The summed E-state index contributed by atoms with van der Waals surface area (Å²) >= 11 is 4.66. The molecule has 1 amide bonds. The molecule has 1 aliphatic rings. The molecular weight excluding hydrogens is 414 g/mol. The van der Waals surface area contributed by atoms with Gasteiger partial charge in [-0.2, -0.15) is 0 Å². The topological polar surface area (TPSA) is 64.0 Å². The molecule has 1 aromatic carbocycles. The molecule has 0 saturated heterocycles. The van der Waals surface area contributed by atoms with Crippen molar-refractivity contribution in [2.75, 3.05) is 5.75 Å². The van der Waals surface area contributed by atoms with Crippen molar-refractivity contribution in [1.82, 2.24) is 14.9 Å². The zero-order chi connectivity index (χ0) is 18.5. The van der Waals surface area contributed by atoms with Crippen LogP contribution in [0.4, 0.5) is 0 Å². The Morgan fingerprint density at radius 1 is 1.35 bits per heavy atom. The van der Waals surface area contributed by atoms with Crippen LogP contribution in [0, 0.1) is 6.92 Å². The van der Waals surface area contributed by atoms with E-state index < -0.39 is 0 Å². The number of benzene rings is 1. The lowest BCUT2D eigenvalue weighted by molar-refractivity contribution is -0.119. The first-order valence-corrected chi connectivity index (χ1v) is 10.6. The molecule has 1 N–H and O–H groups in total. The van der Waals surface area contributed by atoms with Crippen LogP contribution in [0.25, 0.3) is 5.69 Å². The van der Waals surface area contributed by atoms with Crippen molar-refractivity contribution < 1.29 is 4.79 Å². The highest BCUT2D eigenvalue weighted by atomic mass is 79.9. The number of hydrogen-bond donors (Lipinski definition) is 1. The summed E-state index contributed by atoms with van der Waals surface area (Å²) in [5, 5.41) is 3.41. The predicted octanol–water partition coefficient (Wildman–Crippen LogP) is 3.84. The van der Waals surface area contributed by atoms with Crippen molar-refractivity contribution in [1.29, 1.82) is 0 Å². The van der Waals surface area contributed by atoms with E-state index in [0.717, 1.165) is 28.6 Å². The molecule has 0 aliphatic heterocycles. The fourth-order valence-corrected chi connectivity index (χ4v) is 4.08. The number of hydrogen-bond acceptors (Lipinski definition) is 4. The summed E-state index contributed by atoms with van der Waals surface area (Å²) < 4.78 is 2.56. The number of nitrogens with zero attached hydrogens (tertiary/aromatic N) is 2. The van der Waals surface area contributed by atoms with Crippen molar-refractivity contribution in [2.45, 2.75) is 50.1 Å². The summed E-state index contributed by atoms with van der Waals surface area (Å²) in [6.07, 6.45) is 8.96. The molecule has 5 nitrogen and oxygen atoms in total. The zero-order valence-corrected chi connectivity index (χ0v) is 17.1. The number of thioether (sulfide) groups is 1. The van der Waals surface area contributed by atoms with E-state index in [4.69, 9.17) is 0 Å². The summed E-state index contributed by atoms with van der Waals surface area (Å²) in [6.45, 7) is 1.98. The standard InChI is InChI=1S/C19H22BrN3O2S/c1-13-11-15(7-8-16(13)20)23-10-9-21-18(19(23)25)26-12-17(24)22-14-5-3-2-4-6-14/h7-11,14H,2-6,12H2,1H3,(H,22,24). The molecule has 2 aromatic rings. The highest BCUT2D eigenvalue weighted by Gasteiger charge is 2.16. The second kappa shape index (κ2) is 8.86. The molecule has 0 atom stereocenters. The monoisotopic (exact) mass is 435 g/mol. The molecule has 0 unspecified atom stereocenters. The van der Waals surface area contributed by atoms with Gasteiger partial charge in [-0.1, -0.05) is 47.0 Å². The van der Waals surface area contributed by atoms with Crippen LogP contribution >= 0.6 is 27.7 Å². The van der Waals surface area contributed by atoms with Crippen molar-refractivity contribution in [3.63, 3.8) is 0 Å². The summed E-state index contributed by atoms with van der Waals surface area (Å²) in [7, 11) is 0. The van der Waals surface area contributed by atoms with Gasteiger partial charge in [-0.25, -0.2) is 4.98 Å². The van der Waals surface area contributed by atoms with Gasteiger partial charge in [-0.3, -0.25) is 14.2 Å². The molecule has 1 saturated carbocycles. The lowest BCUT2D eigenvalue weighted by atomic mass is 9.95. The second-order valence-corrected chi connectivity index (χ2v) is 8.35. The predicted molar refractivity (Wildman–Crippen MR) is 108 cm³/mol. The van der Waals surface area contributed by atoms with Crippen LogP contribution in [-0.2, 0) is 4.79 Å². The number of halogens is 1. The Bertz CT molecular complexity index is 847. The van der Waals surface area contributed by atoms with E-state index in [1.165, 1.54) is 31.0 Å². The van der Waals surface area contributed by atoms with Gasteiger partial charge in [0.25, 0.3) is 5.56 Å². The van der Waals surface area contributed by atoms with E-state index in [2.05, 4.69) is 26.2 Å². The quantitative estimate of drug-likeness (QED) is 0.724. The Morgan fingerprint density at radius 2 is 2.12 bits per heavy atom. The summed E-state index contributed by atoms with van der Waals surface area (Å²) in [4.78, 5) is 29.0. The summed E-state index contributed by atoms with van der Waals surface area (Å²) in [6, 6.07) is 6.02. The molecule has 0 spiro atoms. The molecule has 1 aromatic heterocycles. The van der Waals surface area contributed by atoms with Crippen LogP contribution in [0.5, 0.6) is 0 Å². The third-order valence-corrected chi connectivity index (χ3v) is 6.39. The van der Waals surface area contributed by atoms with Crippen molar-refractivity contribution in [2.24, 2.45) is 0 Å². The Morgan fingerprint density at radius 3 is 2.85 bits per heavy atom. The lowest BCUT2D eigenvalue weighted by Gasteiger charge is -2.22. The van der Waals surface area contributed by atoms with Crippen LogP contribution in [0.15, 0.2) is 44.9 Å². The maximum Gasteiger partial charge on any atom is 0.287 e. The average molecular weight is 436 g/mol. The molecular formula is C19H22BrN3O2S. The van der Waals surface area contributed by atoms with Gasteiger partial charge in [-0.15, -0.1) is 0 Å². The Kier molecular flexibility index (Phi) is 6.53. The van der Waals surface area contributed by atoms with Gasteiger partial charge in [0, 0.05) is 28.6 Å². The zero-order valence-electron chi connectivity index (χ0n) is 14.7. The van der Waals surface area contributed by atoms with E-state index in [-0.39, 0.29) is 23.3 Å². The SMILES string of the molecule is Cc1cc(-n2ccnc(SCC(=O)NC3CCCCC3)c2=O)ccc1Br. The molecule has 1 aliphatic carbocycles. The van der Waals surface area contributed by atoms with Crippen molar-refractivity contribution in [3.8, 4) is 5.69 Å². The van der Waals surface area contributed by atoms with Crippen molar-refractivity contribution in [3.05, 3.63) is 51.0 Å². The second-order valence-electron chi connectivity index (χ2n) is 6.53. The Labute approximate surface area is 165 Å². The normalized spacial score (nSPS) is 15.0. The fraction of sp³-hybridized carbons (Fsp3) is 0.421. The lowest BCUT2D eigenvalue weighted by Crippen LogP contribution is -2.37. The molecule has 7 heteroatoms. The Balaban J connectivity index is 1.68. The first-order valence-electron chi connectivity index (χ1n) is 8.81. The van der Waals surface area contributed by atoms with Gasteiger partial charge in [0.15, 0.2) is 5.03 Å². The minimum absolute atomic E-state index is 0.0296. The third-order valence-electron chi connectivity index (χ3n) is 4.54. The van der Waals surface area contributed by atoms with E-state index in [1.807, 2.05) is 25.1 Å². The van der Waals surface area contributed by atoms with Gasteiger partial charge in [-0.05, 0) is 43.5 Å². The van der Waals surface area contributed by atoms with E-state index in [9.17, 15) is 9.59 Å². The number of aryl methyl sites for hydroxylation is 1. The molecule has 1 fully saturated rings. The smallest absolute Gasteiger partial charge is 0.287 e. The van der Waals surface area contributed by atoms with Gasteiger partial charge in [0.05, 0.1) is 5.75 Å². The van der Waals surface area contributed by atoms with Gasteiger partial charge >= 0.3 is 0 Å². The number of nitrogens with one attached hydrogen (secondary N) is 1. The Hall–Kier alpha value is -1.60.